The first-order valence-corrected chi connectivity index (χ1v) is 22.7. The zero-order chi connectivity index (χ0) is 42.1. The van der Waals surface area contributed by atoms with Gasteiger partial charge in [0.2, 0.25) is 0 Å². The smallest absolute Gasteiger partial charge is 0.0723 e. The van der Waals surface area contributed by atoms with Gasteiger partial charge >= 0.3 is 0 Å². The van der Waals surface area contributed by atoms with Crippen LogP contribution in [-0.2, 0) is 5.41 Å². The first kappa shape index (κ1) is 35.6. The highest BCUT2D eigenvalue weighted by Crippen LogP contribution is 2.65. The van der Waals surface area contributed by atoms with Crippen LogP contribution in [0.5, 0.6) is 0 Å². The van der Waals surface area contributed by atoms with Gasteiger partial charge < -0.3 is 9.13 Å². The van der Waals surface area contributed by atoms with Crippen LogP contribution < -0.4 is 0 Å². The van der Waals surface area contributed by atoms with E-state index in [2.05, 4.69) is 234 Å². The molecule has 9 aromatic carbocycles. The predicted molar refractivity (Wildman–Crippen MR) is 268 cm³/mol. The summed E-state index contributed by atoms with van der Waals surface area (Å²) in [5.74, 6) is 0.460. The van der Waals surface area contributed by atoms with Gasteiger partial charge in [0.25, 0.3) is 0 Å². The molecule has 2 heteroatoms. The summed E-state index contributed by atoms with van der Waals surface area (Å²) in [5, 5.41) is 5.01. The number of benzene rings is 9. The SMILES string of the molecule is CC1CC=CC2=C1c1ccccc1C21c2ccccc2-c2c(-n3c4ccccc4c4cc(-c5ccc6c(c5)c5cc(-c7ccccc7)ccc5n6-c5ccccc5)ccc43)cccc21. The van der Waals surface area contributed by atoms with Crippen molar-refractivity contribution in [2.24, 2.45) is 5.92 Å². The van der Waals surface area contributed by atoms with Crippen LogP contribution in [0.25, 0.3) is 93.9 Å². The summed E-state index contributed by atoms with van der Waals surface area (Å²) in [4.78, 5) is 0. The summed E-state index contributed by atoms with van der Waals surface area (Å²) in [7, 11) is 0. The number of rotatable bonds is 4. The lowest BCUT2D eigenvalue weighted by molar-refractivity contribution is 0.731. The molecule has 0 saturated carbocycles. The molecular formula is C62H42N2. The molecule has 0 saturated heterocycles. The lowest BCUT2D eigenvalue weighted by Gasteiger charge is -2.32. The zero-order valence-electron chi connectivity index (χ0n) is 35.5. The maximum absolute atomic E-state index is 2.54. The van der Waals surface area contributed by atoms with Gasteiger partial charge in [-0.2, -0.15) is 0 Å². The highest BCUT2D eigenvalue weighted by molar-refractivity contribution is 6.14. The van der Waals surface area contributed by atoms with Gasteiger partial charge in [0.05, 0.1) is 33.2 Å². The molecule has 0 aliphatic heterocycles. The van der Waals surface area contributed by atoms with Gasteiger partial charge in [-0.05, 0) is 134 Å². The van der Waals surface area contributed by atoms with Gasteiger partial charge in [0, 0.05) is 32.8 Å². The van der Waals surface area contributed by atoms with Gasteiger partial charge in [-0.1, -0.05) is 165 Å². The van der Waals surface area contributed by atoms with E-state index in [1.807, 2.05) is 0 Å². The minimum atomic E-state index is -0.366. The van der Waals surface area contributed by atoms with E-state index in [1.165, 1.54) is 116 Å². The molecule has 11 aromatic rings. The minimum Gasteiger partial charge on any atom is -0.309 e. The molecule has 0 radical (unpaired) electrons. The number of hydrogen-bond acceptors (Lipinski definition) is 0. The van der Waals surface area contributed by atoms with Crippen molar-refractivity contribution in [1.82, 2.24) is 9.13 Å². The van der Waals surface area contributed by atoms with Crippen molar-refractivity contribution >= 4 is 49.2 Å². The first-order valence-electron chi connectivity index (χ1n) is 22.7. The van der Waals surface area contributed by atoms with E-state index in [4.69, 9.17) is 0 Å². The molecule has 2 atom stereocenters. The summed E-state index contributed by atoms with van der Waals surface area (Å²) >= 11 is 0. The van der Waals surface area contributed by atoms with E-state index in [1.54, 1.807) is 0 Å². The van der Waals surface area contributed by atoms with Crippen LogP contribution in [0.3, 0.4) is 0 Å². The van der Waals surface area contributed by atoms with Gasteiger partial charge in [0.1, 0.15) is 0 Å². The van der Waals surface area contributed by atoms with Crippen LogP contribution in [0.15, 0.2) is 224 Å². The number of aromatic nitrogens is 2. The minimum absolute atomic E-state index is 0.366. The van der Waals surface area contributed by atoms with E-state index in [0.29, 0.717) is 5.92 Å². The average molecular weight is 815 g/mol. The molecule has 2 nitrogen and oxygen atoms in total. The molecule has 2 aromatic heterocycles. The van der Waals surface area contributed by atoms with Gasteiger partial charge in [-0.3, -0.25) is 0 Å². The Balaban J connectivity index is 0.982. The van der Waals surface area contributed by atoms with Crippen LogP contribution in [0.1, 0.15) is 35.6 Å². The van der Waals surface area contributed by atoms with E-state index >= 15 is 0 Å². The Morgan fingerprint density at radius 2 is 0.953 bits per heavy atom. The number of hydrogen-bond donors (Lipinski definition) is 0. The molecule has 14 rings (SSSR count). The highest BCUT2D eigenvalue weighted by Gasteiger charge is 2.53. The second-order valence-corrected chi connectivity index (χ2v) is 18.0. The highest BCUT2D eigenvalue weighted by atomic mass is 15.0. The molecule has 2 heterocycles. The van der Waals surface area contributed by atoms with Crippen LogP contribution in [0.2, 0.25) is 0 Å². The number of allylic oxidation sites excluding steroid dienone is 4. The van der Waals surface area contributed by atoms with E-state index < -0.39 is 0 Å². The summed E-state index contributed by atoms with van der Waals surface area (Å²) in [5.41, 5.74) is 22.9. The number of para-hydroxylation sites is 2. The van der Waals surface area contributed by atoms with Crippen molar-refractivity contribution in [3.05, 3.63) is 246 Å². The number of fused-ring (bicyclic) bond motifs is 15. The molecule has 0 fully saturated rings. The summed E-state index contributed by atoms with van der Waals surface area (Å²) in [6.07, 6.45) is 5.93. The lowest BCUT2D eigenvalue weighted by atomic mass is 9.68. The predicted octanol–water partition coefficient (Wildman–Crippen LogP) is 15.9. The molecule has 64 heavy (non-hydrogen) atoms. The molecule has 0 N–H and O–H groups in total. The van der Waals surface area contributed by atoms with E-state index in [0.717, 1.165) is 12.1 Å². The maximum Gasteiger partial charge on any atom is 0.0723 e. The van der Waals surface area contributed by atoms with Crippen LogP contribution in [0, 0.1) is 5.92 Å². The quantitative estimate of drug-likeness (QED) is 0.167. The van der Waals surface area contributed by atoms with Crippen LogP contribution in [0.4, 0.5) is 0 Å². The van der Waals surface area contributed by atoms with Crippen molar-refractivity contribution in [3.8, 4) is 44.8 Å². The fraction of sp³-hybridized carbons (Fsp3) is 0.0645. The van der Waals surface area contributed by atoms with E-state index in [-0.39, 0.29) is 5.41 Å². The van der Waals surface area contributed by atoms with Crippen molar-refractivity contribution in [2.75, 3.05) is 0 Å². The largest absolute Gasteiger partial charge is 0.309 e. The number of nitrogens with zero attached hydrogens (tertiary/aromatic N) is 2. The lowest BCUT2D eigenvalue weighted by Crippen LogP contribution is -2.27. The van der Waals surface area contributed by atoms with Crippen molar-refractivity contribution in [1.29, 1.82) is 0 Å². The molecule has 3 aliphatic rings. The van der Waals surface area contributed by atoms with Gasteiger partial charge in [0.15, 0.2) is 0 Å². The molecule has 300 valence electrons. The van der Waals surface area contributed by atoms with Crippen molar-refractivity contribution in [3.63, 3.8) is 0 Å². The Hall–Kier alpha value is -7.94. The van der Waals surface area contributed by atoms with Crippen molar-refractivity contribution < 1.29 is 0 Å². The fourth-order valence-electron chi connectivity index (χ4n) is 12.1. The third kappa shape index (κ3) is 4.69. The first-order chi connectivity index (χ1) is 31.7. The molecular weight excluding hydrogens is 773 g/mol. The maximum atomic E-state index is 2.54. The van der Waals surface area contributed by atoms with Crippen LogP contribution in [-0.4, -0.2) is 9.13 Å². The second-order valence-electron chi connectivity index (χ2n) is 18.0. The summed E-state index contributed by atoms with van der Waals surface area (Å²) in [6, 6.07) is 77.1. The Morgan fingerprint density at radius 3 is 1.67 bits per heavy atom. The summed E-state index contributed by atoms with van der Waals surface area (Å²) in [6.45, 7) is 2.40. The molecule has 2 unspecified atom stereocenters. The third-order valence-corrected chi connectivity index (χ3v) is 14.8. The molecule has 0 amide bonds. The standard InChI is InChI=1S/C62H42N2/c1-39-16-14-26-53-60(39)46-22-8-11-24-51(46)62(53)52-25-12-9-23-47(52)61-54(62)27-15-29-59(61)64-55-28-13-10-21-45(55)48-37-42(32-35-58(48)64)43-31-34-57-50(38-43)49-36-41(40-17-4-2-5-18-40)30-33-56(49)63(57)44-19-6-3-7-20-44/h2-15,17-39H,16H2,1H3. The molecule has 3 aliphatic carbocycles. The monoisotopic (exact) mass is 814 g/mol. The van der Waals surface area contributed by atoms with Crippen molar-refractivity contribution in [2.45, 2.75) is 18.8 Å². The topological polar surface area (TPSA) is 9.86 Å². The molecule has 0 bridgehead atoms. The fourth-order valence-corrected chi connectivity index (χ4v) is 12.1. The third-order valence-electron chi connectivity index (χ3n) is 14.8. The molecule has 1 spiro atoms. The normalized spacial score (nSPS) is 17.2. The average Bonchev–Trinajstić information content (AvgIpc) is 4.06. The zero-order valence-corrected chi connectivity index (χ0v) is 35.5. The van der Waals surface area contributed by atoms with E-state index in [9.17, 15) is 0 Å². The Kier molecular flexibility index (Phi) is 7.40. The van der Waals surface area contributed by atoms with Crippen LogP contribution >= 0.6 is 0 Å². The second kappa shape index (κ2) is 13.3. The van der Waals surface area contributed by atoms with Gasteiger partial charge in [-0.25, -0.2) is 0 Å². The Morgan fingerprint density at radius 1 is 0.422 bits per heavy atom. The Bertz CT molecular complexity index is 3820. The Labute approximate surface area is 372 Å². The summed E-state index contributed by atoms with van der Waals surface area (Å²) < 4.78 is 4.95. The van der Waals surface area contributed by atoms with Gasteiger partial charge in [-0.15, -0.1) is 0 Å².